The van der Waals surface area contributed by atoms with Crippen LogP contribution in [0.2, 0.25) is 0 Å². The van der Waals surface area contributed by atoms with E-state index in [1.807, 2.05) is 6.92 Å². The van der Waals surface area contributed by atoms with Gasteiger partial charge in [0.05, 0.1) is 18.0 Å². The van der Waals surface area contributed by atoms with Gasteiger partial charge in [0.2, 0.25) is 10.0 Å². The molecule has 1 saturated carbocycles. The lowest BCUT2D eigenvalue weighted by atomic mass is 10.2. The molecule has 0 aromatic heterocycles. The molecule has 2 unspecified atom stereocenters. The van der Waals surface area contributed by atoms with Gasteiger partial charge in [-0.1, -0.05) is 19.1 Å². The summed E-state index contributed by atoms with van der Waals surface area (Å²) < 4.78 is 31.6. The Labute approximate surface area is 150 Å². The molecule has 0 radical (unpaired) electrons. The van der Waals surface area contributed by atoms with Crippen molar-refractivity contribution in [2.75, 3.05) is 26.8 Å². The Hall–Kier alpha value is -1.64. The molecule has 1 aliphatic rings. The number of hydrogen-bond acceptors (Lipinski definition) is 4. The standard InChI is InChI=1S/C17H28N4O3S/c1-4-18-17(21-16-11-13(16)2)19-12-14-5-7-15(8-6-14)25(22,23)20-9-10-24-3/h5-8,13,16,20H,4,9-12H2,1-3H3,(H2,18,19,21). The number of rotatable bonds is 9. The van der Waals surface area contributed by atoms with E-state index in [1.165, 1.54) is 13.5 Å². The van der Waals surface area contributed by atoms with Crippen LogP contribution >= 0.6 is 0 Å². The number of nitrogens with one attached hydrogen (secondary N) is 3. The van der Waals surface area contributed by atoms with Crippen molar-refractivity contribution < 1.29 is 13.2 Å². The fraction of sp³-hybridized carbons (Fsp3) is 0.588. The summed E-state index contributed by atoms with van der Waals surface area (Å²) in [6.45, 7) is 6.13. The maximum atomic E-state index is 12.1. The second-order valence-electron chi connectivity index (χ2n) is 6.19. The third-order valence-electron chi connectivity index (χ3n) is 4.03. The summed E-state index contributed by atoms with van der Waals surface area (Å²) in [6, 6.07) is 7.28. The minimum Gasteiger partial charge on any atom is -0.383 e. The fourth-order valence-electron chi connectivity index (χ4n) is 2.32. The van der Waals surface area contributed by atoms with Crippen LogP contribution in [0.5, 0.6) is 0 Å². The summed E-state index contributed by atoms with van der Waals surface area (Å²) in [7, 11) is -1.96. The molecule has 0 heterocycles. The molecule has 0 saturated heterocycles. The largest absolute Gasteiger partial charge is 0.383 e. The van der Waals surface area contributed by atoms with Crippen molar-refractivity contribution in [3.05, 3.63) is 29.8 Å². The second kappa shape index (κ2) is 9.17. The number of methoxy groups -OCH3 is 1. The van der Waals surface area contributed by atoms with E-state index in [2.05, 4.69) is 27.3 Å². The highest BCUT2D eigenvalue weighted by Crippen LogP contribution is 2.28. The fourth-order valence-corrected chi connectivity index (χ4v) is 3.34. The minimum absolute atomic E-state index is 0.244. The number of guanidine groups is 1. The third kappa shape index (κ3) is 6.30. The highest BCUT2D eigenvalue weighted by Gasteiger charge is 2.33. The van der Waals surface area contributed by atoms with E-state index in [1.54, 1.807) is 24.3 Å². The lowest BCUT2D eigenvalue weighted by molar-refractivity contribution is 0.204. The molecule has 2 atom stereocenters. The van der Waals surface area contributed by atoms with Crippen LogP contribution in [0.1, 0.15) is 25.8 Å². The lowest BCUT2D eigenvalue weighted by Gasteiger charge is -2.11. The zero-order valence-electron chi connectivity index (χ0n) is 15.1. The van der Waals surface area contributed by atoms with Gasteiger partial charge in [-0.2, -0.15) is 0 Å². The Morgan fingerprint density at radius 2 is 2.00 bits per heavy atom. The van der Waals surface area contributed by atoms with Crippen LogP contribution in [0.15, 0.2) is 34.2 Å². The van der Waals surface area contributed by atoms with Gasteiger partial charge in [-0.25, -0.2) is 18.1 Å². The van der Waals surface area contributed by atoms with Crippen LogP contribution < -0.4 is 15.4 Å². The number of ether oxygens (including phenoxy) is 1. The van der Waals surface area contributed by atoms with Crippen molar-refractivity contribution in [2.45, 2.75) is 37.8 Å². The highest BCUT2D eigenvalue weighted by atomic mass is 32.2. The first-order valence-electron chi connectivity index (χ1n) is 8.58. The Kier molecular flexibility index (Phi) is 7.22. The molecular weight excluding hydrogens is 340 g/mol. The number of hydrogen-bond donors (Lipinski definition) is 3. The molecule has 1 aliphatic carbocycles. The Morgan fingerprint density at radius 3 is 2.56 bits per heavy atom. The Balaban J connectivity index is 1.95. The van der Waals surface area contributed by atoms with E-state index in [9.17, 15) is 8.42 Å². The van der Waals surface area contributed by atoms with E-state index >= 15 is 0 Å². The van der Waals surface area contributed by atoms with Crippen LogP contribution in [0.4, 0.5) is 0 Å². The molecule has 8 heteroatoms. The summed E-state index contributed by atoms with van der Waals surface area (Å²) in [5.74, 6) is 1.49. The normalized spacial score (nSPS) is 20.4. The lowest BCUT2D eigenvalue weighted by Crippen LogP contribution is -2.39. The average molecular weight is 369 g/mol. The van der Waals surface area contributed by atoms with E-state index in [0.717, 1.165) is 18.1 Å². The predicted molar refractivity (Wildman–Crippen MR) is 99.0 cm³/mol. The second-order valence-corrected chi connectivity index (χ2v) is 7.96. The van der Waals surface area contributed by atoms with Gasteiger partial charge in [-0.05, 0) is 37.0 Å². The first-order chi connectivity index (χ1) is 12.0. The Morgan fingerprint density at radius 1 is 1.32 bits per heavy atom. The quantitative estimate of drug-likeness (QED) is 0.345. The summed E-state index contributed by atoms with van der Waals surface area (Å²) in [5, 5.41) is 6.63. The van der Waals surface area contributed by atoms with E-state index in [0.29, 0.717) is 25.1 Å². The molecule has 25 heavy (non-hydrogen) atoms. The summed E-state index contributed by atoms with van der Waals surface area (Å²) in [5.41, 5.74) is 0.955. The monoisotopic (exact) mass is 368 g/mol. The minimum atomic E-state index is -3.49. The summed E-state index contributed by atoms with van der Waals surface area (Å²) in [6.07, 6.45) is 1.17. The zero-order valence-corrected chi connectivity index (χ0v) is 15.9. The van der Waals surface area contributed by atoms with E-state index in [4.69, 9.17) is 4.74 Å². The van der Waals surface area contributed by atoms with Crippen molar-refractivity contribution in [3.63, 3.8) is 0 Å². The van der Waals surface area contributed by atoms with Gasteiger partial charge in [0.1, 0.15) is 0 Å². The molecule has 0 spiro atoms. The predicted octanol–water partition coefficient (Wildman–Crippen LogP) is 1.07. The molecule has 2 rings (SSSR count). The molecular formula is C17H28N4O3S. The molecule has 0 bridgehead atoms. The first kappa shape index (κ1) is 19.7. The number of aliphatic imine (C=N–C) groups is 1. The number of benzene rings is 1. The van der Waals surface area contributed by atoms with Crippen LogP contribution in [0.25, 0.3) is 0 Å². The van der Waals surface area contributed by atoms with Crippen molar-refractivity contribution in [1.82, 2.24) is 15.4 Å². The number of sulfonamides is 1. The van der Waals surface area contributed by atoms with Crippen LogP contribution in [0, 0.1) is 5.92 Å². The zero-order chi connectivity index (χ0) is 18.3. The topological polar surface area (TPSA) is 91.8 Å². The van der Waals surface area contributed by atoms with E-state index in [-0.39, 0.29) is 11.4 Å². The molecule has 0 amide bonds. The summed E-state index contributed by atoms with van der Waals surface area (Å²) >= 11 is 0. The first-order valence-corrected chi connectivity index (χ1v) is 10.1. The van der Waals surface area contributed by atoms with Gasteiger partial charge in [0.25, 0.3) is 0 Å². The van der Waals surface area contributed by atoms with Gasteiger partial charge in [-0.15, -0.1) is 0 Å². The molecule has 1 aromatic rings. The van der Waals surface area contributed by atoms with Gasteiger partial charge < -0.3 is 15.4 Å². The third-order valence-corrected chi connectivity index (χ3v) is 5.50. The van der Waals surface area contributed by atoms with Gasteiger partial charge in [-0.3, -0.25) is 0 Å². The van der Waals surface area contributed by atoms with Crippen LogP contribution in [-0.4, -0.2) is 47.2 Å². The van der Waals surface area contributed by atoms with Gasteiger partial charge in [0, 0.05) is 26.2 Å². The maximum absolute atomic E-state index is 12.1. The molecule has 1 fully saturated rings. The van der Waals surface area contributed by atoms with Gasteiger partial charge in [0.15, 0.2) is 5.96 Å². The molecule has 1 aromatic carbocycles. The van der Waals surface area contributed by atoms with Crippen molar-refractivity contribution in [1.29, 1.82) is 0 Å². The van der Waals surface area contributed by atoms with Crippen molar-refractivity contribution in [2.24, 2.45) is 10.9 Å². The molecule has 3 N–H and O–H groups in total. The maximum Gasteiger partial charge on any atom is 0.240 e. The smallest absolute Gasteiger partial charge is 0.240 e. The molecule has 7 nitrogen and oxygen atoms in total. The molecule has 140 valence electrons. The Bertz CT molecular complexity index is 674. The van der Waals surface area contributed by atoms with Crippen LogP contribution in [-0.2, 0) is 21.3 Å². The highest BCUT2D eigenvalue weighted by molar-refractivity contribution is 7.89. The SMILES string of the molecule is CCNC(=NCc1ccc(S(=O)(=O)NCCOC)cc1)NC1CC1C. The van der Waals surface area contributed by atoms with Gasteiger partial charge >= 0.3 is 0 Å². The number of nitrogens with zero attached hydrogens (tertiary/aromatic N) is 1. The van der Waals surface area contributed by atoms with Crippen LogP contribution in [0.3, 0.4) is 0 Å². The average Bonchev–Trinajstić information content (AvgIpc) is 3.28. The summed E-state index contributed by atoms with van der Waals surface area (Å²) in [4.78, 5) is 4.81. The molecule has 0 aliphatic heterocycles. The van der Waals surface area contributed by atoms with Crippen molar-refractivity contribution >= 4 is 16.0 Å². The van der Waals surface area contributed by atoms with E-state index < -0.39 is 10.0 Å². The van der Waals surface area contributed by atoms with Crippen molar-refractivity contribution in [3.8, 4) is 0 Å².